The molecule has 0 aliphatic carbocycles. The van der Waals surface area contributed by atoms with E-state index in [1.807, 2.05) is 27.8 Å². The fourth-order valence-corrected chi connectivity index (χ4v) is 2.70. The minimum Gasteiger partial charge on any atom is -0.338 e. The predicted octanol–water partition coefficient (Wildman–Crippen LogP) is 0.776. The van der Waals surface area contributed by atoms with Crippen molar-refractivity contribution in [2.45, 2.75) is 25.4 Å². The number of piperidine rings is 1. The summed E-state index contributed by atoms with van der Waals surface area (Å²) >= 11 is 0. The van der Waals surface area contributed by atoms with E-state index in [4.69, 9.17) is 0 Å². The van der Waals surface area contributed by atoms with Crippen molar-refractivity contribution in [3.8, 4) is 0 Å². The second kappa shape index (κ2) is 6.74. The number of amides is 1. The first kappa shape index (κ1) is 14.8. The molecule has 2 aromatic rings. The van der Waals surface area contributed by atoms with Crippen LogP contribution in [0, 0.1) is 0 Å². The van der Waals surface area contributed by atoms with Gasteiger partial charge in [-0.3, -0.25) is 14.2 Å². The van der Waals surface area contributed by atoms with E-state index >= 15 is 0 Å². The van der Waals surface area contributed by atoms with Gasteiger partial charge in [-0.15, -0.1) is 0 Å². The van der Waals surface area contributed by atoms with Gasteiger partial charge in [0.05, 0.1) is 12.6 Å². The summed E-state index contributed by atoms with van der Waals surface area (Å²) in [6.07, 6.45) is 7.80. The van der Waals surface area contributed by atoms with Crippen molar-refractivity contribution in [1.29, 1.82) is 0 Å². The van der Waals surface area contributed by atoms with Crippen LogP contribution in [0.4, 0.5) is 0 Å². The monoisotopic (exact) mass is 302 g/mol. The Kier molecular flexibility index (Phi) is 4.53. The Morgan fingerprint density at radius 3 is 3.14 bits per heavy atom. The second-order valence-electron chi connectivity index (χ2n) is 5.68. The number of carbonyl (C=O) groups excluding carboxylic acids is 1. The van der Waals surface area contributed by atoms with Crippen molar-refractivity contribution >= 4 is 5.91 Å². The van der Waals surface area contributed by atoms with Crippen LogP contribution in [0.3, 0.4) is 0 Å². The van der Waals surface area contributed by atoms with Crippen molar-refractivity contribution in [3.05, 3.63) is 36.4 Å². The Bertz CT molecular complexity index is 599. The molecule has 1 N–H and O–H groups in total. The molecule has 1 saturated heterocycles. The molecule has 1 unspecified atom stereocenters. The third-order valence-corrected chi connectivity index (χ3v) is 4.04. The van der Waals surface area contributed by atoms with Gasteiger partial charge in [0.1, 0.15) is 5.69 Å². The Morgan fingerprint density at radius 2 is 2.41 bits per heavy atom. The Labute approximate surface area is 129 Å². The number of rotatable bonds is 5. The molecule has 22 heavy (non-hydrogen) atoms. The summed E-state index contributed by atoms with van der Waals surface area (Å²) in [5, 5.41) is 12.0. The Balaban J connectivity index is 1.58. The topological polar surface area (TPSA) is 68.0 Å². The molecular formula is C15H22N6O. The van der Waals surface area contributed by atoms with Crippen molar-refractivity contribution in [2.24, 2.45) is 0 Å². The number of nitrogens with zero attached hydrogens (tertiary/aromatic N) is 5. The van der Waals surface area contributed by atoms with Gasteiger partial charge in [-0.05, 0) is 31.5 Å². The number of aromatic nitrogens is 4. The number of hydrogen-bond donors (Lipinski definition) is 1. The lowest BCUT2D eigenvalue weighted by molar-refractivity contribution is 0.0781. The number of likely N-dealkylation sites (N-methyl/N-ethyl adjacent to an activating group) is 1. The molecule has 0 radical (unpaired) electrons. The number of carbonyl (C=O) groups is 1. The molecular weight excluding hydrogens is 280 g/mol. The number of hydrogen-bond acceptors (Lipinski definition) is 4. The zero-order valence-corrected chi connectivity index (χ0v) is 12.9. The second-order valence-corrected chi connectivity index (χ2v) is 5.68. The molecule has 0 aromatic carbocycles. The van der Waals surface area contributed by atoms with E-state index in [0.717, 1.165) is 25.9 Å². The van der Waals surface area contributed by atoms with Gasteiger partial charge in [0.25, 0.3) is 5.91 Å². The average Bonchev–Trinajstić information content (AvgIpc) is 3.24. The fraction of sp³-hybridized carbons (Fsp3) is 0.533. The smallest absolute Gasteiger partial charge is 0.274 e. The molecule has 3 rings (SSSR count). The SMILES string of the molecule is CN(CCn1cccn1)C(=O)c1ccn(C2CCCNC2)n1. The molecule has 7 nitrogen and oxygen atoms in total. The van der Waals surface area contributed by atoms with Crippen LogP contribution < -0.4 is 5.32 Å². The van der Waals surface area contributed by atoms with Crippen LogP contribution in [0.5, 0.6) is 0 Å². The van der Waals surface area contributed by atoms with Gasteiger partial charge in [0, 0.05) is 38.7 Å². The maximum Gasteiger partial charge on any atom is 0.274 e. The lowest BCUT2D eigenvalue weighted by atomic mass is 10.1. The standard InChI is InChI=1S/C15H22N6O/c1-19(10-11-20-8-3-7-17-20)15(22)14-5-9-21(18-14)13-4-2-6-16-12-13/h3,5,7-9,13,16H,2,4,6,10-12H2,1H3. The van der Waals surface area contributed by atoms with Gasteiger partial charge in [-0.1, -0.05) is 0 Å². The first-order valence-corrected chi connectivity index (χ1v) is 7.73. The Hall–Kier alpha value is -2.15. The van der Waals surface area contributed by atoms with Crippen LogP contribution >= 0.6 is 0 Å². The molecule has 118 valence electrons. The molecule has 1 fully saturated rings. The maximum absolute atomic E-state index is 12.4. The van der Waals surface area contributed by atoms with E-state index < -0.39 is 0 Å². The van der Waals surface area contributed by atoms with Gasteiger partial charge in [-0.25, -0.2) is 0 Å². The summed E-state index contributed by atoms with van der Waals surface area (Å²) in [5.74, 6) is -0.0466. The van der Waals surface area contributed by atoms with Crippen LogP contribution in [0.1, 0.15) is 29.4 Å². The minimum absolute atomic E-state index is 0.0466. The summed E-state index contributed by atoms with van der Waals surface area (Å²) in [7, 11) is 1.80. The third kappa shape index (κ3) is 3.36. The molecule has 1 atom stereocenters. The Morgan fingerprint density at radius 1 is 1.50 bits per heavy atom. The minimum atomic E-state index is -0.0466. The summed E-state index contributed by atoms with van der Waals surface area (Å²) in [4.78, 5) is 14.1. The van der Waals surface area contributed by atoms with Crippen LogP contribution in [0.15, 0.2) is 30.7 Å². The van der Waals surface area contributed by atoms with E-state index in [1.54, 1.807) is 24.2 Å². The molecule has 0 spiro atoms. The molecule has 1 amide bonds. The quantitative estimate of drug-likeness (QED) is 0.886. The lowest BCUT2D eigenvalue weighted by Crippen LogP contribution is -2.33. The van der Waals surface area contributed by atoms with Crippen molar-refractivity contribution in [2.75, 3.05) is 26.7 Å². The van der Waals surface area contributed by atoms with Gasteiger partial charge in [0.2, 0.25) is 0 Å². The summed E-state index contributed by atoms with van der Waals surface area (Å²) in [6, 6.07) is 4.04. The summed E-state index contributed by atoms with van der Waals surface area (Å²) in [5.41, 5.74) is 0.508. The highest BCUT2D eigenvalue weighted by molar-refractivity contribution is 5.91. The van der Waals surface area contributed by atoms with E-state index in [1.165, 1.54) is 0 Å². The zero-order chi connectivity index (χ0) is 15.4. The average molecular weight is 302 g/mol. The van der Waals surface area contributed by atoms with Crippen LogP contribution in [0.25, 0.3) is 0 Å². The molecule has 0 saturated carbocycles. The summed E-state index contributed by atoms with van der Waals surface area (Å²) < 4.78 is 3.73. The molecule has 0 bridgehead atoms. The van der Waals surface area contributed by atoms with Crippen molar-refractivity contribution < 1.29 is 4.79 Å². The first-order valence-electron chi connectivity index (χ1n) is 7.73. The molecule has 7 heteroatoms. The van der Waals surface area contributed by atoms with Crippen molar-refractivity contribution in [3.63, 3.8) is 0 Å². The van der Waals surface area contributed by atoms with Gasteiger partial charge >= 0.3 is 0 Å². The maximum atomic E-state index is 12.4. The highest BCUT2D eigenvalue weighted by Crippen LogP contribution is 2.16. The van der Waals surface area contributed by atoms with Crippen molar-refractivity contribution in [1.82, 2.24) is 29.8 Å². The molecule has 3 heterocycles. The highest BCUT2D eigenvalue weighted by atomic mass is 16.2. The molecule has 2 aromatic heterocycles. The van der Waals surface area contributed by atoms with Gasteiger partial charge in [-0.2, -0.15) is 10.2 Å². The lowest BCUT2D eigenvalue weighted by Gasteiger charge is -2.23. The highest BCUT2D eigenvalue weighted by Gasteiger charge is 2.19. The first-order chi connectivity index (χ1) is 10.7. The van der Waals surface area contributed by atoms with E-state index in [0.29, 0.717) is 24.8 Å². The predicted molar refractivity (Wildman–Crippen MR) is 82.6 cm³/mol. The van der Waals surface area contributed by atoms with E-state index in [2.05, 4.69) is 15.5 Å². The van der Waals surface area contributed by atoms with Gasteiger partial charge in [0.15, 0.2) is 0 Å². The number of nitrogens with one attached hydrogen (secondary N) is 1. The normalized spacial score (nSPS) is 18.3. The van der Waals surface area contributed by atoms with Gasteiger partial charge < -0.3 is 10.2 Å². The van der Waals surface area contributed by atoms with Crippen LogP contribution in [-0.2, 0) is 6.54 Å². The van der Waals surface area contributed by atoms with E-state index in [9.17, 15) is 4.79 Å². The largest absolute Gasteiger partial charge is 0.338 e. The fourth-order valence-electron chi connectivity index (χ4n) is 2.70. The zero-order valence-electron chi connectivity index (χ0n) is 12.9. The van der Waals surface area contributed by atoms with E-state index in [-0.39, 0.29) is 5.91 Å². The van der Waals surface area contributed by atoms with Crippen LogP contribution in [0.2, 0.25) is 0 Å². The third-order valence-electron chi connectivity index (χ3n) is 4.04. The van der Waals surface area contributed by atoms with Crippen LogP contribution in [-0.4, -0.2) is 57.1 Å². The molecule has 1 aliphatic rings. The summed E-state index contributed by atoms with van der Waals surface area (Å²) in [6.45, 7) is 3.28. The molecule has 1 aliphatic heterocycles.